The maximum atomic E-state index is 11.2. The fourth-order valence-corrected chi connectivity index (χ4v) is 1.57. The minimum atomic E-state index is -0.962. The zero-order valence-electron chi connectivity index (χ0n) is 8.36. The molecule has 1 aromatic carbocycles. The number of thioether (sulfide) groups is 1. The first kappa shape index (κ1) is 11.3. The fraction of sp³-hybridized carbons (Fsp3) is 0.364. The predicted molar refractivity (Wildman–Crippen MR) is 58.5 cm³/mol. The van der Waals surface area contributed by atoms with Gasteiger partial charge in [0.2, 0.25) is 0 Å². The lowest BCUT2D eigenvalue weighted by Crippen LogP contribution is -2.10. The molecule has 0 fully saturated rings. The second-order valence-electron chi connectivity index (χ2n) is 3.00. The lowest BCUT2D eigenvalue weighted by atomic mass is 10.0. The normalized spacial score (nSPS) is 12.5. The topological polar surface area (TPSA) is 37.3 Å². The number of ketones is 1. The number of aliphatic hydroxyl groups is 1. The predicted octanol–water partition coefficient (Wildman–Crippen LogP) is 2.42. The maximum Gasteiger partial charge on any atom is 0.165 e. The van der Waals surface area contributed by atoms with E-state index in [0.29, 0.717) is 12.0 Å². The van der Waals surface area contributed by atoms with Gasteiger partial charge in [-0.2, -0.15) is 0 Å². The number of aliphatic hydroxyl groups excluding tert-OH is 1. The van der Waals surface area contributed by atoms with E-state index in [1.165, 1.54) is 0 Å². The molecule has 14 heavy (non-hydrogen) atoms. The molecule has 0 aliphatic heterocycles. The molecule has 1 unspecified atom stereocenters. The highest BCUT2D eigenvalue weighted by Gasteiger charge is 2.14. The summed E-state index contributed by atoms with van der Waals surface area (Å²) in [6.07, 6.45) is 1.39. The standard InChI is InChI=1S/C11H14O2S/c1-3-10(12)11(13)8-4-6-9(14-2)7-5-8/h4-7,11,13H,3H2,1-2H3. The number of Topliss-reactive ketones (excluding diaryl/α,β-unsaturated/α-hetero) is 1. The first-order valence-electron chi connectivity index (χ1n) is 4.53. The zero-order chi connectivity index (χ0) is 10.6. The van der Waals surface area contributed by atoms with E-state index in [4.69, 9.17) is 0 Å². The maximum absolute atomic E-state index is 11.2. The van der Waals surface area contributed by atoms with Crippen LogP contribution in [0.25, 0.3) is 0 Å². The van der Waals surface area contributed by atoms with Gasteiger partial charge in [-0.15, -0.1) is 11.8 Å². The van der Waals surface area contributed by atoms with Gasteiger partial charge in [0, 0.05) is 11.3 Å². The number of benzene rings is 1. The van der Waals surface area contributed by atoms with Gasteiger partial charge in [-0.05, 0) is 24.0 Å². The molecule has 2 nitrogen and oxygen atoms in total. The molecule has 0 bridgehead atoms. The van der Waals surface area contributed by atoms with Gasteiger partial charge in [-0.3, -0.25) is 4.79 Å². The zero-order valence-corrected chi connectivity index (χ0v) is 9.17. The second-order valence-corrected chi connectivity index (χ2v) is 3.88. The van der Waals surface area contributed by atoms with E-state index >= 15 is 0 Å². The van der Waals surface area contributed by atoms with E-state index < -0.39 is 6.10 Å². The average molecular weight is 210 g/mol. The third-order valence-corrected chi connectivity index (χ3v) is 2.83. The van der Waals surface area contributed by atoms with E-state index in [0.717, 1.165) is 4.90 Å². The lowest BCUT2D eigenvalue weighted by molar-refractivity contribution is -0.127. The number of rotatable bonds is 4. The van der Waals surface area contributed by atoms with Crippen molar-refractivity contribution in [1.29, 1.82) is 0 Å². The van der Waals surface area contributed by atoms with Gasteiger partial charge in [-0.1, -0.05) is 19.1 Å². The van der Waals surface area contributed by atoms with Gasteiger partial charge in [0.1, 0.15) is 6.10 Å². The molecule has 1 rings (SSSR count). The summed E-state index contributed by atoms with van der Waals surface area (Å²) in [5, 5.41) is 9.60. The van der Waals surface area contributed by atoms with Crippen LogP contribution in [0.4, 0.5) is 0 Å². The Hall–Kier alpha value is -0.800. The highest BCUT2D eigenvalue weighted by molar-refractivity contribution is 7.98. The molecule has 0 saturated heterocycles. The van der Waals surface area contributed by atoms with Crippen LogP contribution in [0.5, 0.6) is 0 Å². The lowest BCUT2D eigenvalue weighted by Gasteiger charge is -2.08. The van der Waals surface area contributed by atoms with Crippen LogP contribution in [0.2, 0.25) is 0 Å². The van der Waals surface area contributed by atoms with Crippen LogP contribution in [0.3, 0.4) is 0 Å². The third-order valence-electron chi connectivity index (χ3n) is 2.08. The van der Waals surface area contributed by atoms with Gasteiger partial charge in [0.25, 0.3) is 0 Å². The van der Waals surface area contributed by atoms with Crippen LogP contribution in [0.15, 0.2) is 29.2 Å². The molecule has 1 aromatic rings. The molecule has 1 N–H and O–H groups in total. The summed E-state index contributed by atoms with van der Waals surface area (Å²) in [5.74, 6) is -0.137. The fourth-order valence-electron chi connectivity index (χ4n) is 1.17. The minimum Gasteiger partial charge on any atom is -0.381 e. The summed E-state index contributed by atoms with van der Waals surface area (Å²) >= 11 is 1.64. The summed E-state index contributed by atoms with van der Waals surface area (Å²) in [4.78, 5) is 12.3. The van der Waals surface area contributed by atoms with Gasteiger partial charge < -0.3 is 5.11 Å². The van der Waals surface area contributed by atoms with Crippen LogP contribution in [0, 0.1) is 0 Å². The SMILES string of the molecule is CCC(=O)C(O)c1ccc(SC)cc1. The van der Waals surface area contributed by atoms with Gasteiger partial charge >= 0.3 is 0 Å². The molecule has 0 spiro atoms. The van der Waals surface area contributed by atoms with Crippen molar-refractivity contribution in [2.24, 2.45) is 0 Å². The summed E-state index contributed by atoms with van der Waals surface area (Å²) in [6.45, 7) is 1.75. The quantitative estimate of drug-likeness (QED) is 0.775. The second kappa shape index (κ2) is 5.17. The molecular formula is C11H14O2S. The van der Waals surface area contributed by atoms with Crippen molar-refractivity contribution in [3.05, 3.63) is 29.8 Å². The van der Waals surface area contributed by atoms with E-state index in [1.807, 2.05) is 18.4 Å². The molecule has 0 heterocycles. The highest BCUT2D eigenvalue weighted by Crippen LogP contribution is 2.20. The van der Waals surface area contributed by atoms with Crippen molar-refractivity contribution in [2.45, 2.75) is 24.3 Å². The van der Waals surface area contributed by atoms with Crippen LogP contribution in [0.1, 0.15) is 25.0 Å². The molecule has 0 aliphatic rings. The van der Waals surface area contributed by atoms with Crippen molar-refractivity contribution in [3.63, 3.8) is 0 Å². The van der Waals surface area contributed by atoms with Crippen molar-refractivity contribution >= 4 is 17.5 Å². The Morgan fingerprint density at radius 1 is 1.43 bits per heavy atom. The summed E-state index contributed by atoms with van der Waals surface area (Å²) in [6, 6.07) is 7.41. The molecule has 76 valence electrons. The number of carbonyl (C=O) groups excluding carboxylic acids is 1. The molecule has 0 amide bonds. The van der Waals surface area contributed by atoms with Crippen molar-refractivity contribution in [3.8, 4) is 0 Å². The Bertz CT molecular complexity index is 306. The molecule has 0 saturated carbocycles. The van der Waals surface area contributed by atoms with E-state index in [9.17, 15) is 9.90 Å². The smallest absolute Gasteiger partial charge is 0.165 e. The van der Waals surface area contributed by atoms with Gasteiger partial charge in [0.05, 0.1) is 0 Å². The van der Waals surface area contributed by atoms with Crippen LogP contribution in [-0.4, -0.2) is 17.1 Å². The molecule has 0 aromatic heterocycles. The Kier molecular flexibility index (Phi) is 4.17. The van der Waals surface area contributed by atoms with Gasteiger partial charge in [-0.25, -0.2) is 0 Å². The number of hydrogen-bond acceptors (Lipinski definition) is 3. The summed E-state index contributed by atoms with van der Waals surface area (Å²) < 4.78 is 0. The van der Waals surface area contributed by atoms with E-state index in [-0.39, 0.29) is 5.78 Å². The average Bonchev–Trinajstić information content (AvgIpc) is 2.27. The Morgan fingerprint density at radius 2 is 2.00 bits per heavy atom. The Morgan fingerprint density at radius 3 is 2.43 bits per heavy atom. The van der Waals surface area contributed by atoms with Crippen LogP contribution in [-0.2, 0) is 4.79 Å². The molecular weight excluding hydrogens is 196 g/mol. The molecule has 0 radical (unpaired) electrons. The largest absolute Gasteiger partial charge is 0.381 e. The minimum absolute atomic E-state index is 0.137. The first-order chi connectivity index (χ1) is 6.69. The molecule has 0 aliphatic carbocycles. The Balaban J connectivity index is 2.81. The van der Waals surface area contributed by atoms with E-state index in [1.54, 1.807) is 30.8 Å². The van der Waals surface area contributed by atoms with Gasteiger partial charge in [0.15, 0.2) is 5.78 Å². The number of hydrogen-bond donors (Lipinski definition) is 1. The summed E-state index contributed by atoms with van der Waals surface area (Å²) in [7, 11) is 0. The number of carbonyl (C=O) groups is 1. The van der Waals surface area contributed by atoms with Crippen molar-refractivity contribution in [1.82, 2.24) is 0 Å². The molecule has 3 heteroatoms. The summed E-state index contributed by atoms with van der Waals surface area (Å²) in [5.41, 5.74) is 0.676. The van der Waals surface area contributed by atoms with Crippen molar-refractivity contribution in [2.75, 3.05) is 6.26 Å². The van der Waals surface area contributed by atoms with Crippen molar-refractivity contribution < 1.29 is 9.90 Å². The van der Waals surface area contributed by atoms with Crippen LogP contribution >= 0.6 is 11.8 Å². The third kappa shape index (κ3) is 2.59. The monoisotopic (exact) mass is 210 g/mol. The molecule has 1 atom stereocenters. The van der Waals surface area contributed by atoms with Crippen LogP contribution < -0.4 is 0 Å². The van der Waals surface area contributed by atoms with E-state index in [2.05, 4.69) is 0 Å². The highest BCUT2D eigenvalue weighted by atomic mass is 32.2. The first-order valence-corrected chi connectivity index (χ1v) is 5.76. The Labute approximate surface area is 88.3 Å².